The van der Waals surface area contributed by atoms with E-state index in [4.69, 9.17) is 4.74 Å². The molecular formula is C19H27N5O2. The molecule has 0 spiro atoms. The maximum atomic E-state index is 12.1. The SMILES string of the molecule is CCCNC1(c2nnnn2-c2cccc(C(=O)OCC)c2)CCCCC1. The summed E-state index contributed by atoms with van der Waals surface area (Å²) in [7, 11) is 0. The first-order valence-electron chi connectivity index (χ1n) is 9.51. The van der Waals surface area contributed by atoms with Gasteiger partial charge in [-0.1, -0.05) is 32.3 Å². The zero-order chi connectivity index (χ0) is 18.4. The van der Waals surface area contributed by atoms with Crippen molar-refractivity contribution in [2.45, 2.75) is 57.9 Å². The number of hydrogen-bond acceptors (Lipinski definition) is 6. The lowest BCUT2D eigenvalue weighted by Crippen LogP contribution is -2.46. The van der Waals surface area contributed by atoms with Gasteiger partial charge in [0.15, 0.2) is 5.82 Å². The standard InChI is InChI=1S/C19H27N5O2/c1-3-13-20-19(11-6-5-7-12-19)18-21-22-23-24(18)16-10-8-9-15(14-16)17(25)26-4-2/h8-10,14,20H,3-7,11-13H2,1-2H3. The lowest BCUT2D eigenvalue weighted by atomic mass is 9.80. The fourth-order valence-corrected chi connectivity index (χ4v) is 3.64. The summed E-state index contributed by atoms with van der Waals surface area (Å²) in [6, 6.07) is 7.28. The van der Waals surface area contributed by atoms with Gasteiger partial charge in [-0.15, -0.1) is 5.10 Å². The summed E-state index contributed by atoms with van der Waals surface area (Å²) in [5.74, 6) is 0.493. The lowest BCUT2D eigenvalue weighted by molar-refractivity contribution is 0.0526. The first-order valence-corrected chi connectivity index (χ1v) is 9.51. The van der Waals surface area contributed by atoms with Crippen LogP contribution in [0.2, 0.25) is 0 Å². The normalized spacial score (nSPS) is 16.4. The smallest absolute Gasteiger partial charge is 0.338 e. The number of rotatable bonds is 7. The van der Waals surface area contributed by atoms with Crippen molar-refractivity contribution >= 4 is 5.97 Å². The van der Waals surface area contributed by atoms with Gasteiger partial charge >= 0.3 is 5.97 Å². The van der Waals surface area contributed by atoms with Crippen molar-refractivity contribution in [1.82, 2.24) is 25.5 Å². The van der Waals surface area contributed by atoms with E-state index in [0.29, 0.717) is 12.2 Å². The van der Waals surface area contributed by atoms with Crippen molar-refractivity contribution in [3.63, 3.8) is 0 Å². The Morgan fingerprint density at radius 2 is 2.08 bits per heavy atom. The van der Waals surface area contributed by atoms with Crippen molar-refractivity contribution < 1.29 is 9.53 Å². The number of nitrogens with one attached hydrogen (secondary N) is 1. The zero-order valence-electron chi connectivity index (χ0n) is 15.6. The molecule has 140 valence electrons. The number of esters is 1. The fourth-order valence-electron chi connectivity index (χ4n) is 3.64. The van der Waals surface area contributed by atoms with Gasteiger partial charge in [0.2, 0.25) is 0 Å². The topological polar surface area (TPSA) is 81.9 Å². The molecule has 1 aliphatic rings. The second-order valence-corrected chi connectivity index (χ2v) is 6.75. The molecule has 1 aromatic carbocycles. The third-order valence-corrected chi connectivity index (χ3v) is 4.92. The summed E-state index contributed by atoms with van der Waals surface area (Å²) >= 11 is 0. The zero-order valence-corrected chi connectivity index (χ0v) is 15.6. The monoisotopic (exact) mass is 357 g/mol. The molecule has 1 saturated carbocycles. The van der Waals surface area contributed by atoms with Crippen LogP contribution >= 0.6 is 0 Å². The fraction of sp³-hybridized carbons (Fsp3) is 0.579. The van der Waals surface area contributed by atoms with Gasteiger partial charge in [-0.3, -0.25) is 0 Å². The van der Waals surface area contributed by atoms with Crippen molar-refractivity contribution in [3.05, 3.63) is 35.7 Å². The molecule has 0 saturated heterocycles. The summed E-state index contributed by atoms with van der Waals surface area (Å²) < 4.78 is 6.87. The average molecular weight is 357 g/mol. The molecule has 2 aromatic rings. The highest BCUT2D eigenvalue weighted by Gasteiger charge is 2.38. The van der Waals surface area contributed by atoms with Crippen molar-refractivity contribution in [3.8, 4) is 5.69 Å². The third-order valence-electron chi connectivity index (χ3n) is 4.92. The number of ether oxygens (including phenoxy) is 1. The van der Waals surface area contributed by atoms with Crippen LogP contribution in [0.5, 0.6) is 0 Å². The highest BCUT2D eigenvalue weighted by molar-refractivity contribution is 5.90. The van der Waals surface area contributed by atoms with E-state index < -0.39 is 0 Å². The molecule has 0 unspecified atom stereocenters. The van der Waals surface area contributed by atoms with E-state index in [0.717, 1.165) is 50.2 Å². The second-order valence-electron chi connectivity index (χ2n) is 6.75. The molecule has 0 bridgehead atoms. The average Bonchev–Trinajstić information content (AvgIpc) is 3.18. The molecule has 7 nitrogen and oxygen atoms in total. The van der Waals surface area contributed by atoms with E-state index in [9.17, 15) is 4.79 Å². The van der Waals surface area contributed by atoms with Gasteiger partial charge < -0.3 is 10.1 Å². The van der Waals surface area contributed by atoms with Gasteiger partial charge in [0.25, 0.3) is 0 Å². The Labute approximate surface area is 154 Å². The van der Waals surface area contributed by atoms with Crippen LogP contribution in [0, 0.1) is 0 Å². The Kier molecular flexibility index (Phi) is 5.98. The molecule has 0 aliphatic heterocycles. The van der Waals surface area contributed by atoms with Crippen LogP contribution in [0.15, 0.2) is 24.3 Å². The first-order chi connectivity index (χ1) is 12.7. The summed E-state index contributed by atoms with van der Waals surface area (Å²) in [5.41, 5.74) is 1.07. The Morgan fingerprint density at radius 3 is 2.81 bits per heavy atom. The summed E-state index contributed by atoms with van der Waals surface area (Å²) in [6.45, 7) is 5.24. The van der Waals surface area contributed by atoms with E-state index in [2.05, 4.69) is 27.8 Å². The van der Waals surface area contributed by atoms with Crippen LogP contribution in [0.1, 0.15) is 68.6 Å². The maximum Gasteiger partial charge on any atom is 0.338 e. The first kappa shape index (κ1) is 18.5. The van der Waals surface area contributed by atoms with Gasteiger partial charge in [0.05, 0.1) is 23.4 Å². The number of benzene rings is 1. The van der Waals surface area contributed by atoms with Crippen molar-refractivity contribution in [1.29, 1.82) is 0 Å². The highest BCUT2D eigenvalue weighted by Crippen LogP contribution is 2.36. The van der Waals surface area contributed by atoms with E-state index in [-0.39, 0.29) is 11.5 Å². The Hall–Kier alpha value is -2.28. The number of nitrogens with zero attached hydrogens (tertiary/aromatic N) is 4. The van der Waals surface area contributed by atoms with E-state index in [1.807, 2.05) is 12.1 Å². The number of carbonyl (C=O) groups is 1. The molecule has 3 rings (SSSR count). The van der Waals surface area contributed by atoms with E-state index in [1.165, 1.54) is 6.42 Å². The van der Waals surface area contributed by atoms with Gasteiger partial charge in [-0.05, 0) is 61.4 Å². The van der Waals surface area contributed by atoms with Gasteiger partial charge in [0, 0.05) is 0 Å². The van der Waals surface area contributed by atoms with Crippen LogP contribution < -0.4 is 5.32 Å². The number of aromatic nitrogens is 4. The van der Waals surface area contributed by atoms with Crippen molar-refractivity contribution in [2.24, 2.45) is 0 Å². The van der Waals surface area contributed by atoms with E-state index >= 15 is 0 Å². The second kappa shape index (κ2) is 8.40. The molecule has 1 aromatic heterocycles. The Bertz CT molecular complexity index is 737. The van der Waals surface area contributed by atoms with Gasteiger partial charge in [0.1, 0.15) is 0 Å². The molecule has 1 N–H and O–H groups in total. The van der Waals surface area contributed by atoms with E-state index in [1.54, 1.807) is 23.7 Å². The minimum absolute atomic E-state index is 0.211. The summed E-state index contributed by atoms with van der Waals surface area (Å²) in [4.78, 5) is 12.1. The predicted octanol–water partition coefficient (Wildman–Crippen LogP) is 3.00. The molecule has 0 radical (unpaired) electrons. The summed E-state index contributed by atoms with van der Waals surface area (Å²) in [6.07, 6.45) is 6.66. The molecule has 7 heteroatoms. The number of carbonyl (C=O) groups excluding carboxylic acids is 1. The quantitative estimate of drug-likeness (QED) is 0.767. The Balaban J connectivity index is 1.97. The highest BCUT2D eigenvalue weighted by atomic mass is 16.5. The van der Waals surface area contributed by atoms with Crippen LogP contribution in [0.3, 0.4) is 0 Å². The molecular weight excluding hydrogens is 330 g/mol. The van der Waals surface area contributed by atoms with Crippen LogP contribution in [-0.2, 0) is 10.3 Å². The van der Waals surface area contributed by atoms with Crippen molar-refractivity contribution in [2.75, 3.05) is 13.2 Å². The molecule has 0 amide bonds. The Morgan fingerprint density at radius 1 is 1.27 bits per heavy atom. The lowest BCUT2D eigenvalue weighted by Gasteiger charge is -2.37. The number of hydrogen-bond donors (Lipinski definition) is 1. The minimum atomic E-state index is -0.333. The predicted molar refractivity (Wildman–Crippen MR) is 98.2 cm³/mol. The van der Waals surface area contributed by atoms with Crippen LogP contribution in [-0.4, -0.2) is 39.3 Å². The largest absolute Gasteiger partial charge is 0.462 e. The number of tetrazole rings is 1. The molecule has 1 fully saturated rings. The van der Waals surface area contributed by atoms with Crippen LogP contribution in [0.4, 0.5) is 0 Å². The molecule has 0 atom stereocenters. The molecule has 1 heterocycles. The summed E-state index contributed by atoms with van der Waals surface area (Å²) in [5, 5.41) is 16.2. The minimum Gasteiger partial charge on any atom is -0.462 e. The molecule has 1 aliphatic carbocycles. The molecule has 26 heavy (non-hydrogen) atoms. The van der Waals surface area contributed by atoms with Crippen LogP contribution in [0.25, 0.3) is 5.69 Å². The maximum absolute atomic E-state index is 12.1. The van der Waals surface area contributed by atoms with Gasteiger partial charge in [-0.2, -0.15) is 4.68 Å². The third kappa shape index (κ3) is 3.77. The van der Waals surface area contributed by atoms with Gasteiger partial charge in [-0.25, -0.2) is 4.79 Å².